The Balaban J connectivity index is 2.06. The first-order valence-corrected chi connectivity index (χ1v) is 12.5. The van der Waals surface area contributed by atoms with Gasteiger partial charge in [0.25, 0.3) is 11.7 Å². The molecule has 1 aliphatic heterocycles. The maximum atomic E-state index is 13.2. The quantitative estimate of drug-likeness (QED) is 0.187. The number of aliphatic hydroxyl groups is 1. The molecular weight excluding hydrogens is 458 g/mol. The van der Waals surface area contributed by atoms with Crippen LogP contribution in [0.25, 0.3) is 5.76 Å². The van der Waals surface area contributed by atoms with Gasteiger partial charge in [-0.3, -0.25) is 9.59 Å². The summed E-state index contributed by atoms with van der Waals surface area (Å²) in [5.41, 5.74) is 2.07. The molecule has 0 aromatic heterocycles. The Morgan fingerprint density at radius 2 is 1.86 bits per heavy atom. The van der Waals surface area contributed by atoms with Gasteiger partial charge in [0.05, 0.1) is 24.8 Å². The highest BCUT2D eigenvalue weighted by molar-refractivity contribution is 6.46. The van der Waals surface area contributed by atoms with Gasteiger partial charge in [-0.05, 0) is 67.1 Å². The van der Waals surface area contributed by atoms with Gasteiger partial charge >= 0.3 is 0 Å². The molecule has 1 fully saturated rings. The molecule has 194 valence electrons. The summed E-state index contributed by atoms with van der Waals surface area (Å²) >= 11 is 0. The predicted molar refractivity (Wildman–Crippen MR) is 139 cm³/mol. The first-order chi connectivity index (χ1) is 17.3. The van der Waals surface area contributed by atoms with Crippen LogP contribution in [0.5, 0.6) is 11.5 Å². The summed E-state index contributed by atoms with van der Waals surface area (Å²) in [6.45, 7) is 9.97. The molecule has 0 bridgehead atoms. The van der Waals surface area contributed by atoms with Crippen LogP contribution in [0.1, 0.15) is 56.3 Å². The smallest absolute Gasteiger partial charge is 0.295 e. The van der Waals surface area contributed by atoms with Crippen molar-refractivity contribution < 1.29 is 28.9 Å². The Labute approximate surface area is 213 Å². The minimum absolute atomic E-state index is 0.0697. The second-order valence-electron chi connectivity index (χ2n) is 9.44. The fraction of sp³-hybridized carbons (Fsp3) is 0.448. The van der Waals surface area contributed by atoms with E-state index in [0.29, 0.717) is 55.6 Å². The van der Waals surface area contributed by atoms with Gasteiger partial charge in [0.1, 0.15) is 17.3 Å². The molecule has 0 aliphatic carbocycles. The molecule has 3 rings (SSSR count). The largest absolute Gasteiger partial charge is 0.507 e. The third-order valence-corrected chi connectivity index (χ3v) is 5.95. The van der Waals surface area contributed by atoms with E-state index in [-0.39, 0.29) is 11.3 Å². The summed E-state index contributed by atoms with van der Waals surface area (Å²) in [6.07, 6.45) is 1.42. The standard InChI is InChI=1S/C29H37NO6/c1-6-14-35-23-10-7-9-21(17-23)26-25(28(32)29(33)30(26)13-8-15-34-5)27(31)22-11-12-24(20(4)16-22)36-18-19(2)3/h7,9-12,16-17,19,26,31H,6,8,13-15,18H2,1-5H3/b27-25+. The van der Waals surface area contributed by atoms with Gasteiger partial charge in [-0.15, -0.1) is 0 Å². The number of rotatable bonds is 12. The molecule has 7 nitrogen and oxygen atoms in total. The summed E-state index contributed by atoms with van der Waals surface area (Å²) in [7, 11) is 1.59. The van der Waals surface area contributed by atoms with Crippen molar-refractivity contribution in [1.29, 1.82) is 0 Å². The van der Waals surface area contributed by atoms with Crippen LogP contribution in [0.2, 0.25) is 0 Å². The van der Waals surface area contributed by atoms with E-state index in [1.807, 2.05) is 38.1 Å². The number of amides is 1. The summed E-state index contributed by atoms with van der Waals surface area (Å²) < 4.78 is 16.8. The van der Waals surface area contributed by atoms with E-state index in [1.165, 1.54) is 4.90 Å². The molecule has 0 spiro atoms. The Morgan fingerprint density at radius 1 is 1.08 bits per heavy atom. The number of methoxy groups -OCH3 is 1. The van der Waals surface area contributed by atoms with Gasteiger partial charge in [-0.1, -0.05) is 32.9 Å². The van der Waals surface area contributed by atoms with Crippen molar-refractivity contribution in [2.75, 3.05) is 33.5 Å². The molecule has 1 atom stereocenters. The Hall–Kier alpha value is -3.32. The first-order valence-electron chi connectivity index (χ1n) is 12.5. The number of aryl methyl sites for hydroxylation is 1. The maximum Gasteiger partial charge on any atom is 0.295 e. The number of carbonyl (C=O) groups is 2. The normalized spacial score (nSPS) is 17.2. The average molecular weight is 496 g/mol. The SMILES string of the molecule is CCCOc1cccc(C2/C(=C(\O)c3ccc(OCC(C)C)c(C)c3)C(=O)C(=O)N2CCCOC)c1. The minimum atomic E-state index is -0.732. The lowest BCUT2D eigenvalue weighted by atomic mass is 9.94. The van der Waals surface area contributed by atoms with E-state index in [9.17, 15) is 14.7 Å². The van der Waals surface area contributed by atoms with Crippen LogP contribution < -0.4 is 9.47 Å². The number of nitrogens with zero attached hydrogens (tertiary/aromatic N) is 1. The van der Waals surface area contributed by atoms with Crippen LogP contribution in [0, 0.1) is 12.8 Å². The van der Waals surface area contributed by atoms with Crippen molar-refractivity contribution in [1.82, 2.24) is 4.90 Å². The van der Waals surface area contributed by atoms with E-state index in [0.717, 1.165) is 17.7 Å². The number of ketones is 1. The topological polar surface area (TPSA) is 85.3 Å². The van der Waals surface area contributed by atoms with Gasteiger partial charge in [-0.2, -0.15) is 0 Å². The van der Waals surface area contributed by atoms with Crippen LogP contribution >= 0.6 is 0 Å². The lowest BCUT2D eigenvalue weighted by Gasteiger charge is -2.25. The van der Waals surface area contributed by atoms with E-state index in [1.54, 1.807) is 25.3 Å². The third-order valence-electron chi connectivity index (χ3n) is 5.95. The van der Waals surface area contributed by atoms with Crippen molar-refractivity contribution in [3.8, 4) is 11.5 Å². The summed E-state index contributed by atoms with van der Waals surface area (Å²) in [5, 5.41) is 11.4. The highest BCUT2D eigenvalue weighted by Crippen LogP contribution is 2.40. The molecule has 1 saturated heterocycles. The molecule has 1 amide bonds. The van der Waals surface area contributed by atoms with E-state index >= 15 is 0 Å². The number of benzene rings is 2. The number of aliphatic hydroxyl groups excluding tert-OH is 1. The zero-order chi connectivity index (χ0) is 26.2. The summed E-state index contributed by atoms with van der Waals surface area (Å²) in [5.74, 6) is 0.213. The second-order valence-corrected chi connectivity index (χ2v) is 9.44. The molecule has 2 aromatic rings. The van der Waals surface area contributed by atoms with Crippen LogP contribution in [-0.2, 0) is 14.3 Å². The Kier molecular flexibility index (Phi) is 9.53. The number of hydrogen-bond acceptors (Lipinski definition) is 6. The average Bonchev–Trinajstić information content (AvgIpc) is 3.11. The number of Topliss-reactive ketones (excluding diaryl/α,β-unsaturated/α-hetero) is 1. The van der Waals surface area contributed by atoms with Gasteiger partial charge in [0, 0.05) is 25.8 Å². The number of carbonyl (C=O) groups excluding carboxylic acids is 2. The van der Waals surface area contributed by atoms with E-state index in [4.69, 9.17) is 14.2 Å². The Morgan fingerprint density at radius 3 is 2.53 bits per heavy atom. The van der Waals surface area contributed by atoms with Crippen LogP contribution in [-0.4, -0.2) is 55.2 Å². The van der Waals surface area contributed by atoms with Gasteiger partial charge in [0.2, 0.25) is 0 Å². The lowest BCUT2D eigenvalue weighted by Crippen LogP contribution is -2.31. The van der Waals surface area contributed by atoms with Gasteiger partial charge in [-0.25, -0.2) is 0 Å². The predicted octanol–water partition coefficient (Wildman–Crippen LogP) is 5.28. The lowest BCUT2D eigenvalue weighted by molar-refractivity contribution is -0.140. The fourth-order valence-corrected chi connectivity index (χ4v) is 4.20. The molecule has 2 aromatic carbocycles. The zero-order valence-electron chi connectivity index (χ0n) is 21.9. The second kappa shape index (κ2) is 12.6. The molecule has 0 saturated carbocycles. The molecule has 1 heterocycles. The van der Waals surface area contributed by atoms with Gasteiger partial charge < -0.3 is 24.2 Å². The van der Waals surface area contributed by atoms with Crippen molar-refractivity contribution >= 4 is 17.4 Å². The molecule has 1 unspecified atom stereocenters. The van der Waals surface area contributed by atoms with Gasteiger partial charge in [0.15, 0.2) is 0 Å². The van der Waals surface area contributed by atoms with E-state index in [2.05, 4.69) is 13.8 Å². The zero-order valence-corrected chi connectivity index (χ0v) is 21.9. The molecule has 0 radical (unpaired) electrons. The Bertz CT molecular complexity index is 1110. The number of hydrogen-bond donors (Lipinski definition) is 1. The highest BCUT2D eigenvalue weighted by atomic mass is 16.5. The van der Waals surface area contributed by atoms with Crippen LogP contribution in [0.4, 0.5) is 0 Å². The highest BCUT2D eigenvalue weighted by Gasteiger charge is 2.45. The molecule has 7 heteroatoms. The molecule has 1 aliphatic rings. The van der Waals surface area contributed by atoms with Crippen molar-refractivity contribution in [3.05, 3.63) is 64.7 Å². The van der Waals surface area contributed by atoms with Crippen molar-refractivity contribution in [2.45, 2.75) is 46.6 Å². The molecule has 1 N–H and O–H groups in total. The van der Waals surface area contributed by atoms with Crippen molar-refractivity contribution in [3.63, 3.8) is 0 Å². The maximum absolute atomic E-state index is 13.2. The van der Waals surface area contributed by atoms with Crippen molar-refractivity contribution in [2.24, 2.45) is 5.92 Å². The van der Waals surface area contributed by atoms with Crippen LogP contribution in [0.15, 0.2) is 48.0 Å². The van der Waals surface area contributed by atoms with Crippen LogP contribution in [0.3, 0.4) is 0 Å². The summed E-state index contributed by atoms with van der Waals surface area (Å²) in [4.78, 5) is 27.8. The summed E-state index contributed by atoms with van der Waals surface area (Å²) in [6, 6.07) is 11.9. The number of ether oxygens (including phenoxy) is 3. The molecular formula is C29H37NO6. The fourth-order valence-electron chi connectivity index (χ4n) is 4.20. The minimum Gasteiger partial charge on any atom is -0.507 e. The monoisotopic (exact) mass is 495 g/mol. The number of likely N-dealkylation sites (tertiary alicyclic amines) is 1. The third kappa shape index (κ3) is 6.26. The first kappa shape index (κ1) is 27.3. The van der Waals surface area contributed by atoms with E-state index < -0.39 is 17.7 Å². The molecule has 36 heavy (non-hydrogen) atoms.